The normalized spacial score (nSPS) is 26.5. The number of nitrogens with one attached hydrogen (secondary N) is 1. The number of rotatable bonds is 7. The summed E-state index contributed by atoms with van der Waals surface area (Å²) in [5, 5.41) is 22.5. The van der Waals surface area contributed by atoms with E-state index in [0.717, 1.165) is 36.8 Å². The summed E-state index contributed by atoms with van der Waals surface area (Å²) >= 11 is 6.26. The lowest BCUT2D eigenvalue weighted by Gasteiger charge is -2.61. The minimum absolute atomic E-state index is 0.0130. The van der Waals surface area contributed by atoms with E-state index in [9.17, 15) is 36.9 Å². The fraction of sp³-hybridized carbons (Fsp3) is 0.500. The number of nitrogens with zero attached hydrogens (tertiary/aromatic N) is 5. The molecule has 4 saturated carbocycles. The standard InChI is InChI=1S/C26H24ClF5N6O3/c1-12-18(27)24(38(40)41)35-37(12)26-7-13-4-14(8-26)6-25(5-13,11-26)9-17(39)33-16-2-3-36(34-16)10-15-19(28)21(30)23(32)22(31)20(15)29/h2-3,13-14H,4-11H2,1H3,(H,33,34,39). The molecule has 4 fully saturated rings. The molecule has 4 aliphatic carbocycles. The van der Waals surface area contributed by atoms with Gasteiger partial charge in [0.1, 0.15) is 0 Å². The van der Waals surface area contributed by atoms with E-state index in [2.05, 4.69) is 15.5 Å². The lowest BCUT2D eigenvalue weighted by atomic mass is 9.46. The Morgan fingerprint density at radius 2 is 1.68 bits per heavy atom. The van der Waals surface area contributed by atoms with Crippen LogP contribution in [-0.2, 0) is 16.9 Å². The maximum absolute atomic E-state index is 14.1. The van der Waals surface area contributed by atoms with Crippen LogP contribution < -0.4 is 5.32 Å². The predicted octanol–water partition coefficient (Wildman–Crippen LogP) is 6.02. The summed E-state index contributed by atoms with van der Waals surface area (Å²) in [5.41, 5.74) is -1.37. The zero-order valence-corrected chi connectivity index (χ0v) is 22.5. The predicted molar refractivity (Wildman–Crippen MR) is 135 cm³/mol. The summed E-state index contributed by atoms with van der Waals surface area (Å²) in [7, 11) is 0. The van der Waals surface area contributed by atoms with Gasteiger partial charge in [-0.3, -0.25) is 9.48 Å². The number of carbonyl (C=O) groups excluding carboxylic acids is 1. The number of anilines is 1. The highest BCUT2D eigenvalue weighted by molar-refractivity contribution is 6.33. The largest absolute Gasteiger partial charge is 0.408 e. The molecule has 2 atom stereocenters. The van der Waals surface area contributed by atoms with Crippen LogP contribution in [0, 0.1) is 63.4 Å². The number of aromatic nitrogens is 4. The van der Waals surface area contributed by atoms with Gasteiger partial charge in [0.25, 0.3) is 0 Å². The van der Waals surface area contributed by atoms with Gasteiger partial charge >= 0.3 is 5.82 Å². The molecule has 2 aromatic heterocycles. The van der Waals surface area contributed by atoms with Crippen molar-refractivity contribution in [3.8, 4) is 0 Å². The molecule has 0 spiro atoms. The van der Waals surface area contributed by atoms with E-state index in [1.54, 1.807) is 11.6 Å². The van der Waals surface area contributed by atoms with Gasteiger partial charge in [0.15, 0.2) is 34.1 Å². The van der Waals surface area contributed by atoms with Crippen molar-refractivity contribution in [3.05, 3.63) is 67.7 Å². The average molecular weight is 599 g/mol. The van der Waals surface area contributed by atoms with E-state index in [1.165, 1.54) is 12.3 Å². The van der Waals surface area contributed by atoms with Crippen molar-refractivity contribution in [1.82, 2.24) is 19.6 Å². The van der Waals surface area contributed by atoms with Crippen molar-refractivity contribution in [2.24, 2.45) is 17.3 Å². The molecule has 15 heteroatoms. The Morgan fingerprint density at radius 1 is 1.07 bits per heavy atom. The molecular weight excluding hydrogens is 575 g/mol. The molecular formula is C26H24ClF5N6O3. The number of amides is 1. The third kappa shape index (κ3) is 4.46. The lowest BCUT2D eigenvalue weighted by Crippen LogP contribution is -2.57. The van der Waals surface area contributed by atoms with Crippen molar-refractivity contribution in [3.63, 3.8) is 0 Å². The molecule has 2 heterocycles. The van der Waals surface area contributed by atoms with Gasteiger partial charge in [0.2, 0.25) is 11.7 Å². The highest BCUT2D eigenvalue weighted by Crippen LogP contribution is 2.65. The van der Waals surface area contributed by atoms with Crippen LogP contribution in [0.1, 0.15) is 56.2 Å². The van der Waals surface area contributed by atoms with Crippen LogP contribution in [-0.4, -0.2) is 30.4 Å². The Hall–Kier alpha value is -3.55. The number of benzene rings is 1. The van der Waals surface area contributed by atoms with E-state index in [1.807, 2.05) is 0 Å². The molecule has 0 radical (unpaired) electrons. The van der Waals surface area contributed by atoms with Gasteiger partial charge in [-0.05, 0) is 67.6 Å². The first-order valence-electron chi connectivity index (χ1n) is 13.0. The Labute approximate surface area is 234 Å². The molecule has 2 unspecified atom stereocenters. The van der Waals surface area contributed by atoms with Gasteiger partial charge in [-0.1, -0.05) is 11.6 Å². The number of carbonyl (C=O) groups is 1. The molecule has 3 aromatic rings. The van der Waals surface area contributed by atoms with Crippen LogP contribution in [0.4, 0.5) is 33.6 Å². The topological polar surface area (TPSA) is 108 Å². The molecule has 41 heavy (non-hydrogen) atoms. The molecule has 7 rings (SSSR count). The second-order valence-corrected chi connectivity index (χ2v) is 12.1. The van der Waals surface area contributed by atoms with Crippen molar-refractivity contribution < 1.29 is 31.7 Å². The first-order valence-corrected chi connectivity index (χ1v) is 13.4. The van der Waals surface area contributed by atoms with E-state index in [4.69, 9.17) is 11.6 Å². The van der Waals surface area contributed by atoms with Gasteiger partial charge in [0, 0.05) is 18.7 Å². The summed E-state index contributed by atoms with van der Waals surface area (Å²) < 4.78 is 71.3. The zero-order valence-electron chi connectivity index (χ0n) is 21.7. The summed E-state index contributed by atoms with van der Waals surface area (Å²) in [6, 6.07) is 1.36. The molecule has 9 nitrogen and oxygen atoms in total. The molecule has 1 N–H and O–H groups in total. The third-order valence-corrected chi connectivity index (χ3v) is 9.31. The minimum atomic E-state index is -2.24. The van der Waals surface area contributed by atoms with Gasteiger partial charge in [-0.2, -0.15) is 9.78 Å². The van der Waals surface area contributed by atoms with Gasteiger partial charge in [-0.15, -0.1) is 0 Å². The Bertz CT molecular complexity index is 1560. The van der Waals surface area contributed by atoms with E-state index < -0.39 is 51.7 Å². The molecule has 218 valence electrons. The summed E-state index contributed by atoms with van der Waals surface area (Å²) in [5.74, 6) is -10.2. The van der Waals surface area contributed by atoms with Gasteiger partial charge < -0.3 is 15.4 Å². The van der Waals surface area contributed by atoms with Crippen LogP contribution >= 0.6 is 11.6 Å². The number of halogens is 6. The highest BCUT2D eigenvalue weighted by atomic mass is 35.5. The van der Waals surface area contributed by atoms with Gasteiger partial charge in [-0.25, -0.2) is 22.0 Å². The Balaban J connectivity index is 1.19. The molecule has 4 bridgehead atoms. The minimum Gasteiger partial charge on any atom is -0.358 e. The maximum atomic E-state index is 14.1. The number of nitro groups is 1. The average Bonchev–Trinajstić information content (AvgIpc) is 3.46. The van der Waals surface area contributed by atoms with Crippen LogP contribution in [0.5, 0.6) is 0 Å². The second kappa shape index (κ2) is 9.50. The van der Waals surface area contributed by atoms with E-state index in [0.29, 0.717) is 24.0 Å². The van der Waals surface area contributed by atoms with Crippen molar-refractivity contribution >= 4 is 29.1 Å². The van der Waals surface area contributed by atoms with Crippen LogP contribution in [0.2, 0.25) is 5.02 Å². The van der Waals surface area contributed by atoms with Crippen LogP contribution in [0.15, 0.2) is 12.3 Å². The van der Waals surface area contributed by atoms with Crippen LogP contribution in [0.3, 0.4) is 0 Å². The smallest absolute Gasteiger partial charge is 0.358 e. The second-order valence-electron chi connectivity index (χ2n) is 11.7. The monoisotopic (exact) mass is 598 g/mol. The summed E-state index contributed by atoms with van der Waals surface area (Å²) in [6.45, 7) is 0.971. The van der Waals surface area contributed by atoms with Crippen LogP contribution in [0.25, 0.3) is 0 Å². The SMILES string of the molecule is Cc1c(Cl)c([N+](=O)[O-])nn1C12CC3CC(CC(CC(=O)Nc4ccn(Cc5c(F)c(F)c(F)c(F)c5F)n4)(C3)C1)C2. The highest BCUT2D eigenvalue weighted by Gasteiger charge is 2.61. The molecule has 1 amide bonds. The number of hydrogen-bond acceptors (Lipinski definition) is 5. The van der Waals surface area contributed by atoms with Crippen molar-refractivity contribution in [2.75, 3.05) is 5.32 Å². The molecule has 0 saturated heterocycles. The summed E-state index contributed by atoms with van der Waals surface area (Å²) in [4.78, 5) is 24.1. The summed E-state index contributed by atoms with van der Waals surface area (Å²) in [6.07, 6.45) is 6.27. The Kier molecular flexibility index (Phi) is 6.40. The molecule has 1 aromatic carbocycles. The molecule has 4 aliphatic rings. The number of hydrogen-bond donors (Lipinski definition) is 1. The quantitative estimate of drug-likeness (QED) is 0.118. The van der Waals surface area contributed by atoms with Crippen molar-refractivity contribution in [2.45, 2.75) is 64.0 Å². The first-order chi connectivity index (χ1) is 19.3. The lowest BCUT2D eigenvalue weighted by molar-refractivity contribution is -0.389. The van der Waals surface area contributed by atoms with E-state index in [-0.39, 0.29) is 34.4 Å². The van der Waals surface area contributed by atoms with E-state index >= 15 is 0 Å². The van der Waals surface area contributed by atoms with Gasteiger partial charge in [0.05, 0.1) is 28.4 Å². The third-order valence-electron chi connectivity index (χ3n) is 8.86. The first kappa shape index (κ1) is 27.6. The molecule has 0 aliphatic heterocycles. The fourth-order valence-electron chi connectivity index (χ4n) is 7.90. The Morgan fingerprint density at radius 3 is 2.27 bits per heavy atom. The zero-order chi connectivity index (χ0) is 29.4. The maximum Gasteiger partial charge on any atom is 0.408 e. The van der Waals surface area contributed by atoms with Crippen molar-refractivity contribution in [1.29, 1.82) is 0 Å². The fourth-order valence-corrected chi connectivity index (χ4v) is 8.09.